The highest BCUT2D eigenvalue weighted by atomic mass is 16.4. The number of carbonyl (C=O) groups excluding carboxylic acids is 1. The van der Waals surface area contributed by atoms with E-state index in [2.05, 4.69) is 15.7 Å². The van der Waals surface area contributed by atoms with Crippen molar-refractivity contribution in [2.24, 2.45) is 10.3 Å². The first-order chi connectivity index (χ1) is 7.65. The molecule has 1 amide bonds. The van der Waals surface area contributed by atoms with Crippen molar-refractivity contribution in [3.63, 3.8) is 0 Å². The van der Waals surface area contributed by atoms with Gasteiger partial charge in [-0.3, -0.25) is 4.79 Å². The summed E-state index contributed by atoms with van der Waals surface area (Å²) < 4.78 is 0. The van der Waals surface area contributed by atoms with E-state index in [1.165, 1.54) is 19.2 Å². The number of para-hydroxylation sites is 1. The van der Waals surface area contributed by atoms with E-state index in [1.807, 2.05) is 0 Å². The predicted octanol–water partition coefficient (Wildman–Crippen LogP) is 0.692. The van der Waals surface area contributed by atoms with Crippen LogP contribution in [0.1, 0.15) is 12.5 Å². The Labute approximate surface area is 91.9 Å². The van der Waals surface area contributed by atoms with E-state index < -0.39 is 5.91 Å². The van der Waals surface area contributed by atoms with Gasteiger partial charge < -0.3 is 10.3 Å². The first-order valence-corrected chi connectivity index (χ1v) is 4.45. The van der Waals surface area contributed by atoms with Gasteiger partial charge in [-0.25, -0.2) is 5.43 Å². The summed E-state index contributed by atoms with van der Waals surface area (Å²) in [4.78, 5) is 11.1. The molecule has 0 unspecified atom stereocenters. The van der Waals surface area contributed by atoms with Gasteiger partial charge in [-0.1, -0.05) is 17.3 Å². The fraction of sp³-hybridized carbons (Fsp3) is 0.100. The third-order valence-electron chi connectivity index (χ3n) is 1.79. The van der Waals surface area contributed by atoms with Gasteiger partial charge in [-0.2, -0.15) is 5.10 Å². The second-order valence-electron chi connectivity index (χ2n) is 2.94. The standard InChI is InChI=1S/C10H11N3O3/c1-7(13-16)10(15)12-11-6-8-4-2-3-5-9(8)14/h2-6,14,16H,1H3,(H,12,15)/b11-6+,13-7+. The van der Waals surface area contributed by atoms with Crippen LogP contribution >= 0.6 is 0 Å². The van der Waals surface area contributed by atoms with Crippen LogP contribution < -0.4 is 5.43 Å². The number of hydrogen-bond donors (Lipinski definition) is 3. The monoisotopic (exact) mass is 221 g/mol. The Bertz CT molecular complexity index is 441. The van der Waals surface area contributed by atoms with E-state index in [4.69, 9.17) is 5.21 Å². The SMILES string of the molecule is C/C(=N\O)C(=O)N/N=C/c1ccccc1O. The first kappa shape index (κ1) is 11.7. The second-order valence-corrected chi connectivity index (χ2v) is 2.94. The van der Waals surface area contributed by atoms with E-state index in [0.717, 1.165) is 0 Å². The molecule has 84 valence electrons. The quantitative estimate of drug-likeness (QED) is 0.398. The lowest BCUT2D eigenvalue weighted by molar-refractivity contribution is -0.114. The molecule has 0 atom stereocenters. The molecule has 16 heavy (non-hydrogen) atoms. The smallest absolute Gasteiger partial charge is 0.288 e. The summed E-state index contributed by atoms with van der Waals surface area (Å²) >= 11 is 0. The van der Waals surface area contributed by atoms with Crippen LogP contribution in [0.4, 0.5) is 0 Å². The molecule has 0 saturated carbocycles. The van der Waals surface area contributed by atoms with E-state index >= 15 is 0 Å². The van der Waals surface area contributed by atoms with Crippen molar-refractivity contribution >= 4 is 17.8 Å². The molecule has 0 heterocycles. The average molecular weight is 221 g/mol. The minimum atomic E-state index is -0.617. The molecule has 0 aliphatic heterocycles. The molecule has 0 aromatic heterocycles. The number of hydrazone groups is 1. The molecule has 1 aromatic rings. The van der Waals surface area contributed by atoms with Crippen molar-refractivity contribution in [1.82, 2.24) is 5.43 Å². The zero-order chi connectivity index (χ0) is 12.0. The largest absolute Gasteiger partial charge is 0.507 e. The number of phenols is 1. The van der Waals surface area contributed by atoms with Crippen LogP contribution in [0, 0.1) is 0 Å². The Kier molecular flexibility index (Phi) is 4.02. The summed E-state index contributed by atoms with van der Waals surface area (Å²) in [5, 5.41) is 24.0. The molecular weight excluding hydrogens is 210 g/mol. The summed E-state index contributed by atoms with van der Waals surface area (Å²) in [6.07, 6.45) is 1.29. The van der Waals surface area contributed by atoms with Gasteiger partial charge in [0.1, 0.15) is 11.5 Å². The number of aromatic hydroxyl groups is 1. The Morgan fingerprint density at radius 2 is 2.12 bits per heavy atom. The Hall–Kier alpha value is -2.37. The number of phenolic OH excluding ortho intramolecular Hbond substituents is 1. The normalized spacial score (nSPS) is 11.7. The maximum absolute atomic E-state index is 11.1. The van der Waals surface area contributed by atoms with Crippen LogP contribution in [-0.4, -0.2) is 28.1 Å². The molecular formula is C10H11N3O3. The molecule has 1 rings (SSSR count). The third kappa shape index (κ3) is 3.09. The van der Waals surface area contributed by atoms with Gasteiger partial charge in [0.05, 0.1) is 6.21 Å². The van der Waals surface area contributed by atoms with Gasteiger partial charge >= 0.3 is 0 Å². The number of amides is 1. The highest BCUT2D eigenvalue weighted by Crippen LogP contribution is 2.12. The maximum atomic E-state index is 11.1. The molecule has 0 aliphatic rings. The summed E-state index contributed by atoms with van der Waals surface area (Å²) in [6.45, 7) is 1.34. The van der Waals surface area contributed by atoms with E-state index in [9.17, 15) is 9.90 Å². The molecule has 6 nitrogen and oxygen atoms in total. The highest BCUT2D eigenvalue weighted by Gasteiger charge is 2.03. The van der Waals surface area contributed by atoms with Crippen LogP contribution in [0.5, 0.6) is 5.75 Å². The average Bonchev–Trinajstić information content (AvgIpc) is 2.30. The minimum absolute atomic E-state index is 0.0630. The van der Waals surface area contributed by atoms with Crippen LogP contribution in [0.25, 0.3) is 0 Å². The third-order valence-corrected chi connectivity index (χ3v) is 1.79. The van der Waals surface area contributed by atoms with Crippen molar-refractivity contribution in [2.45, 2.75) is 6.92 Å². The maximum Gasteiger partial charge on any atom is 0.288 e. The Morgan fingerprint density at radius 1 is 1.44 bits per heavy atom. The Morgan fingerprint density at radius 3 is 2.75 bits per heavy atom. The predicted molar refractivity (Wildman–Crippen MR) is 58.7 cm³/mol. The topological polar surface area (TPSA) is 94.3 Å². The summed E-state index contributed by atoms with van der Waals surface area (Å²) in [5.74, 6) is -0.554. The van der Waals surface area contributed by atoms with E-state index in [-0.39, 0.29) is 11.5 Å². The second kappa shape index (κ2) is 5.50. The molecule has 0 saturated heterocycles. The lowest BCUT2D eigenvalue weighted by atomic mass is 10.2. The first-order valence-electron chi connectivity index (χ1n) is 4.45. The fourth-order valence-electron chi connectivity index (χ4n) is 0.883. The number of nitrogens with zero attached hydrogens (tertiary/aromatic N) is 2. The zero-order valence-corrected chi connectivity index (χ0v) is 8.58. The van der Waals surface area contributed by atoms with Gasteiger partial charge in [-0.15, -0.1) is 0 Å². The lowest BCUT2D eigenvalue weighted by Crippen LogP contribution is -2.24. The lowest BCUT2D eigenvalue weighted by Gasteiger charge is -1.98. The van der Waals surface area contributed by atoms with Gasteiger partial charge in [0.15, 0.2) is 0 Å². The number of carbonyl (C=O) groups is 1. The van der Waals surface area contributed by atoms with Crippen molar-refractivity contribution < 1.29 is 15.1 Å². The molecule has 0 spiro atoms. The van der Waals surface area contributed by atoms with Gasteiger partial charge in [-0.05, 0) is 19.1 Å². The minimum Gasteiger partial charge on any atom is -0.507 e. The highest BCUT2D eigenvalue weighted by molar-refractivity contribution is 6.37. The number of oxime groups is 1. The number of rotatable bonds is 3. The molecule has 6 heteroatoms. The summed E-state index contributed by atoms with van der Waals surface area (Å²) in [7, 11) is 0. The summed E-state index contributed by atoms with van der Waals surface area (Å²) in [5.41, 5.74) is 2.51. The van der Waals surface area contributed by atoms with Crippen molar-refractivity contribution in [1.29, 1.82) is 0 Å². The Balaban J connectivity index is 2.63. The van der Waals surface area contributed by atoms with E-state index in [1.54, 1.807) is 18.2 Å². The number of benzene rings is 1. The van der Waals surface area contributed by atoms with Crippen molar-refractivity contribution in [3.8, 4) is 5.75 Å². The molecule has 0 bridgehead atoms. The molecule has 0 radical (unpaired) electrons. The van der Waals surface area contributed by atoms with Crippen molar-refractivity contribution in [2.75, 3.05) is 0 Å². The van der Waals surface area contributed by atoms with Crippen molar-refractivity contribution in [3.05, 3.63) is 29.8 Å². The molecule has 0 fully saturated rings. The van der Waals surface area contributed by atoms with Crippen LogP contribution in [0.15, 0.2) is 34.5 Å². The summed E-state index contributed by atoms with van der Waals surface area (Å²) in [6, 6.07) is 6.54. The van der Waals surface area contributed by atoms with E-state index in [0.29, 0.717) is 5.56 Å². The zero-order valence-electron chi connectivity index (χ0n) is 8.58. The fourth-order valence-corrected chi connectivity index (χ4v) is 0.883. The number of hydrogen-bond acceptors (Lipinski definition) is 5. The van der Waals surface area contributed by atoms with Gasteiger partial charge in [0, 0.05) is 5.56 Å². The molecule has 0 aliphatic carbocycles. The van der Waals surface area contributed by atoms with Crippen LogP contribution in [0.3, 0.4) is 0 Å². The molecule has 3 N–H and O–H groups in total. The van der Waals surface area contributed by atoms with Crippen LogP contribution in [-0.2, 0) is 4.79 Å². The van der Waals surface area contributed by atoms with Gasteiger partial charge in [0.2, 0.25) is 0 Å². The van der Waals surface area contributed by atoms with Gasteiger partial charge in [0.25, 0.3) is 5.91 Å². The number of nitrogens with one attached hydrogen (secondary N) is 1. The molecule has 1 aromatic carbocycles. The van der Waals surface area contributed by atoms with Crippen LogP contribution in [0.2, 0.25) is 0 Å².